The number of carboxylic acid groups (broad SMARTS) is 1. The third-order valence-electron chi connectivity index (χ3n) is 2.93. The summed E-state index contributed by atoms with van der Waals surface area (Å²) in [5, 5.41) is 11.4. The summed E-state index contributed by atoms with van der Waals surface area (Å²) in [6.45, 7) is 0. The summed E-state index contributed by atoms with van der Waals surface area (Å²) in [6.07, 6.45) is 1.84. The maximum Gasteiger partial charge on any atom is 0.328 e. The summed E-state index contributed by atoms with van der Waals surface area (Å²) in [7, 11) is 0. The maximum atomic E-state index is 11.8. The number of carbonyl (C=O) groups excluding carboxylic acids is 1. The molecule has 0 unspecified atom stereocenters. The predicted molar refractivity (Wildman–Crippen MR) is 79.6 cm³/mol. The molecule has 4 heteroatoms. The van der Waals surface area contributed by atoms with Crippen LogP contribution in [-0.4, -0.2) is 17.0 Å². The first kappa shape index (κ1) is 14.5. The summed E-state index contributed by atoms with van der Waals surface area (Å²) in [4.78, 5) is 22.3. The van der Waals surface area contributed by atoms with Crippen LogP contribution in [0.15, 0.2) is 72.8 Å². The molecule has 2 rings (SSSR count). The Morgan fingerprint density at radius 3 is 1.76 bits per heavy atom. The van der Waals surface area contributed by atoms with Gasteiger partial charge in [0, 0.05) is 12.2 Å². The topological polar surface area (TPSA) is 66.4 Å². The van der Waals surface area contributed by atoms with Crippen LogP contribution in [-0.2, 0) is 9.59 Å². The highest BCUT2D eigenvalue weighted by molar-refractivity contribution is 5.94. The highest BCUT2D eigenvalue weighted by Gasteiger charge is 2.15. The largest absolute Gasteiger partial charge is 0.478 e. The van der Waals surface area contributed by atoms with E-state index in [0.29, 0.717) is 0 Å². The van der Waals surface area contributed by atoms with E-state index in [2.05, 4.69) is 5.32 Å². The fourth-order valence-electron chi connectivity index (χ4n) is 1.99. The molecule has 0 atom stereocenters. The standard InChI is InChI=1S/C17H15NO3/c19-15(11-12-16(20)21)18-17(13-7-3-1-4-8-13)14-9-5-2-6-10-14/h1-12,17H,(H,18,19)(H,20,21)/b12-11+. The van der Waals surface area contributed by atoms with Gasteiger partial charge in [0.2, 0.25) is 5.91 Å². The minimum Gasteiger partial charge on any atom is -0.478 e. The molecule has 0 aromatic heterocycles. The van der Waals surface area contributed by atoms with Gasteiger partial charge in [-0.1, -0.05) is 60.7 Å². The zero-order valence-electron chi connectivity index (χ0n) is 11.3. The summed E-state index contributed by atoms with van der Waals surface area (Å²) in [5.41, 5.74) is 1.86. The quantitative estimate of drug-likeness (QED) is 0.828. The molecule has 0 saturated carbocycles. The minimum absolute atomic E-state index is 0.321. The summed E-state index contributed by atoms with van der Waals surface area (Å²) >= 11 is 0. The van der Waals surface area contributed by atoms with Crippen molar-refractivity contribution in [2.24, 2.45) is 0 Å². The molecule has 0 aliphatic rings. The first-order chi connectivity index (χ1) is 10.2. The van der Waals surface area contributed by atoms with Crippen LogP contribution in [0.3, 0.4) is 0 Å². The van der Waals surface area contributed by atoms with Crippen LogP contribution in [0.5, 0.6) is 0 Å². The van der Waals surface area contributed by atoms with Crippen LogP contribution in [0.2, 0.25) is 0 Å². The van der Waals surface area contributed by atoms with Gasteiger partial charge in [0.25, 0.3) is 0 Å². The Labute approximate surface area is 122 Å². The molecule has 0 fully saturated rings. The van der Waals surface area contributed by atoms with E-state index in [9.17, 15) is 9.59 Å². The van der Waals surface area contributed by atoms with Crippen molar-refractivity contribution in [1.82, 2.24) is 5.32 Å². The second kappa shape index (κ2) is 7.05. The zero-order valence-corrected chi connectivity index (χ0v) is 11.3. The van der Waals surface area contributed by atoms with E-state index in [1.165, 1.54) is 0 Å². The molecule has 21 heavy (non-hydrogen) atoms. The summed E-state index contributed by atoms with van der Waals surface area (Å²) < 4.78 is 0. The van der Waals surface area contributed by atoms with Gasteiger partial charge in [-0.25, -0.2) is 4.79 Å². The van der Waals surface area contributed by atoms with Crippen LogP contribution in [0.1, 0.15) is 17.2 Å². The number of carboxylic acids is 1. The van der Waals surface area contributed by atoms with E-state index in [1.54, 1.807) is 0 Å². The molecule has 2 aromatic carbocycles. The van der Waals surface area contributed by atoms with Gasteiger partial charge >= 0.3 is 5.97 Å². The molecule has 0 heterocycles. The Morgan fingerprint density at radius 1 is 0.857 bits per heavy atom. The Bertz CT molecular complexity index is 596. The van der Waals surface area contributed by atoms with Gasteiger partial charge in [0.05, 0.1) is 6.04 Å². The minimum atomic E-state index is -1.15. The predicted octanol–water partition coefficient (Wildman–Crippen LogP) is 2.53. The third-order valence-corrected chi connectivity index (χ3v) is 2.93. The van der Waals surface area contributed by atoms with E-state index >= 15 is 0 Å². The molecule has 0 aliphatic carbocycles. The van der Waals surface area contributed by atoms with Crippen molar-refractivity contribution in [3.63, 3.8) is 0 Å². The van der Waals surface area contributed by atoms with E-state index in [-0.39, 0.29) is 6.04 Å². The molecule has 0 bridgehead atoms. The lowest BCUT2D eigenvalue weighted by Gasteiger charge is -2.18. The number of aliphatic carboxylic acids is 1. The van der Waals surface area contributed by atoms with Crippen LogP contribution >= 0.6 is 0 Å². The van der Waals surface area contributed by atoms with Gasteiger partial charge in [-0.15, -0.1) is 0 Å². The normalized spacial score (nSPS) is 10.7. The highest BCUT2D eigenvalue weighted by Crippen LogP contribution is 2.21. The SMILES string of the molecule is O=C(O)/C=C/C(=O)NC(c1ccccc1)c1ccccc1. The van der Waals surface area contributed by atoms with Crippen LogP contribution in [0.25, 0.3) is 0 Å². The molecule has 4 nitrogen and oxygen atoms in total. The van der Waals surface area contributed by atoms with Gasteiger partial charge < -0.3 is 10.4 Å². The number of carbonyl (C=O) groups is 2. The Kier molecular flexibility index (Phi) is 4.88. The van der Waals surface area contributed by atoms with Gasteiger partial charge in [-0.2, -0.15) is 0 Å². The highest BCUT2D eigenvalue weighted by atomic mass is 16.4. The summed E-state index contributed by atoms with van der Waals surface area (Å²) in [5.74, 6) is -1.60. The lowest BCUT2D eigenvalue weighted by molar-refractivity contribution is -0.131. The second-order valence-corrected chi connectivity index (χ2v) is 4.43. The lowest BCUT2D eigenvalue weighted by Crippen LogP contribution is -2.27. The molecule has 0 spiro atoms. The van der Waals surface area contributed by atoms with Crippen molar-refractivity contribution in [2.75, 3.05) is 0 Å². The number of nitrogens with one attached hydrogen (secondary N) is 1. The maximum absolute atomic E-state index is 11.8. The molecule has 106 valence electrons. The number of hydrogen-bond donors (Lipinski definition) is 2. The Hall–Kier alpha value is -2.88. The van der Waals surface area contributed by atoms with Crippen LogP contribution in [0, 0.1) is 0 Å². The van der Waals surface area contributed by atoms with Crippen molar-refractivity contribution in [2.45, 2.75) is 6.04 Å². The number of benzene rings is 2. The molecule has 0 saturated heterocycles. The molecule has 2 N–H and O–H groups in total. The van der Waals surface area contributed by atoms with Crippen molar-refractivity contribution in [3.8, 4) is 0 Å². The average Bonchev–Trinajstić information content (AvgIpc) is 2.52. The lowest BCUT2D eigenvalue weighted by atomic mass is 9.99. The molecule has 0 aliphatic heterocycles. The summed E-state index contributed by atoms with van der Waals surface area (Å²) in [6, 6.07) is 18.7. The molecular weight excluding hydrogens is 266 g/mol. The van der Waals surface area contributed by atoms with E-state index in [0.717, 1.165) is 23.3 Å². The van der Waals surface area contributed by atoms with Gasteiger partial charge in [-0.3, -0.25) is 4.79 Å². The van der Waals surface area contributed by atoms with E-state index in [4.69, 9.17) is 5.11 Å². The van der Waals surface area contributed by atoms with Crippen LogP contribution < -0.4 is 5.32 Å². The number of rotatable bonds is 5. The number of hydrogen-bond acceptors (Lipinski definition) is 2. The van der Waals surface area contributed by atoms with Crippen molar-refractivity contribution >= 4 is 11.9 Å². The van der Waals surface area contributed by atoms with Gasteiger partial charge in [0.1, 0.15) is 0 Å². The fraction of sp³-hybridized carbons (Fsp3) is 0.0588. The van der Waals surface area contributed by atoms with Crippen molar-refractivity contribution in [1.29, 1.82) is 0 Å². The third kappa shape index (κ3) is 4.31. The zero-order chi connectivity index (χ0) is 15.1. The van der Waals surface area contributed by atoms with Crippen molar-refractivity contribution < 1.29 is 14.7 Å². The monoisotopic (exact) mass is 281 g/mol. The Balaban J connectivity index is 2.25. The first-order valence-corrected chi connectivity index (χ1v) is 6.48. The number of amides is 1. The second-order valence-electron chi connectivity index (χ2n) is 4.43. The van der Waals surface area contributed by atoms with Gasteiger partial charge in [-0.05, 0) is 11.1 Å². The van der Waals surface area contributed by atoms with E-state index in [1.807, 2.05) is 60.7 Å². The van der Waals surface area contributed by atoms with Crippen LogP contribution in [0.4, 0.5) is 0 Å². The molecule has 0 radical (unpaired) electrons. The van der Waals surface area contributed by atoms with Crippen molar-refractivity contribution in [3.05, 3.63) is 83.9 Å². The molecule has 2 aromatic rings. The molecule has 1 amide bonds. The van der Waals surface area contributed by atoms with Gasteiger partial charge in [0.15, 0.2) is 0 Å². The first-order valence-electron chi connectivity index (χ1n) is 6.48. The molecular formula is C17H15NO3. The smallest absolute Gasteiger partial charge is 0.328 e. The fourth-order valence-corrected chi connectivity index (χ4v) is 1.99. The average molecular weight is 281 g/mol. The van der Waals surface area contributed by atoms with E-state index < -0.39 is 11.9 Å². The Morgan fingerprint density at radius 2 is 1.33 bits per heavy atom.